The lowest BCUT2D eigenvalue weighted by Gasteiger charge is -2.13. The van der Waals surface area contributed by atoms with Crippen molar-refractivity contribution in [3.63, 3.8) is 0 Å². The van der Waals surface area contributed by atoms with E-state index in [9.17, 15) is 9.18 Å². The molecule has 0 unspecified atom stereocenters. The van der Waals surface area contributed by atoms with E-state index >= 15 is 0 Å². The maximum atomic E-state index is 12.9. The Bertz CT molecular complexity index is 929. The zero-order valence-electron chi connectivity index (χ0n) is 16.1. The van der Waals surface area contributed by atoms with Gasteiger partial charge in [-0.2, -0.15) is 0 Å². The Morgan fingerprint density at radius 1 is 0.897 bits per heavy atom. The highest BCUT2D eigenvalue weighted by Crippen LogP contribution is 2.28. The highest BCUT2D eigenvalue weighted by atomic mass is 19.1. The fourth-order valence-electron chi connectivity index (χ4n) is 2.61. The van der Waals surface area contributed by atoms with Crippen molar-refractivity contribution in [1.82, 2.24) is 5.32 Å². The first-order valence-corrected chi connectivity index (χ1v) is 9.13. The maximum Gasteiger partial charge on any atom is 0.258 e. The lowest BCUT2D eigenvalue weighted by Crippen LogP contribution is -2.28. The van der Waals surface area contributed by atoms with Gasteiger partial charge in [-0.05, 0) is 47.5 Å². The van der Waals surface area contributed by atoms with E-state index in [-0.39, 0.29) is 18.3 Å². The molecule has 6 heteroatoms. The maximum absolute atomic E-state index is 12.9. The van der Waals surface area contributed by atoms with Crippen molar-refractivity contribution in [2.45, 2.75) is 13.2 Å². The average molecular weight is 395 g/mol. The van der Waals surface area contributed by atoms with E-state index in [2.05, 4.69) is 5.32 Å². The third kappa shape index (κ3) is 6.24. The van der Waals surface area contributed by atoms with Gasteiger partial charge in [0, 0.05) is 6.54 Å². The zero-order chi connectivity index (χ0) is 20.5. The number of hydrogen-bond acceptors (Lipinski definition) is 4. The van der Waals surface area contributed by atoms with Crippen molar-refractivity contribution < 1.29 is 23.4 Å². The molecule has 5 nitrogen and oxygen atoms in total. The summed E-state index contributed by atoms with van der Waals surface area (Å²) in [5.41, 5.74) is 1.93. The van der Waals surface area contributed by atoms with Crippen LogP contribution in [0.5, 0.6) is 17.2 Å². The number of ether oxygens (including phenoxy) is 3. The van der Waals surface area contributed by atoms with Gasteiger partial charge in [-0.3, -0.25) is 4.79 Å². The van der Waals surface area contributed by atoms with Crippen molar-refractivity contribution in [3.05, 3.63) is 89.7 Å². The fourth-order valence-corrected chi connectivity index (χ4v) is 2.61. The van der Waals surface area contributed by atoms with Crippen LogP contribution >= 0.6 is 0 Å². The molecule has 0 aliphatic rings. The first kappa shape index (κ1) is 20.2. The lowest BCUT2D eigenvalue weighted by molar-refractivity contribution is -0.123. The summed E-state index contributed by atoms with van der Waals surface area (Å²) in [7, 11) is 1.57. The monoisotopic (exact) mass is 395 g/mol. The summed E-state index contributed by atoms with van der Waals surface area (Å²) in [6, 6.07) is 20.9. The minimum absolute atomic E-state index is 0.152. The average Bonchev–Trinajstić information content (AvgIpc) is 2.76. The molecule has 0 aliphatic carbocycles. The number of hydrogen-bond donors (Lipinski definition) is 1. The number of benzene rings is 3. The predicted molar refractivity (Wildman–Crippen MR) is 108 cm³/mol. The molecule has 150 valence electrons. The molecule has 0 aromatic heterocycles. The second kappa shape index (κ2) is 10.1. The van der Waals surface area contributed by atoms with Gasteiger partial charge < -0.3 is 19.5 Å². The van der Waals surface area contributed by atoms with Gasteiger partial charge in [-0.15, -0.1) is 0 Å². The highest BCUT2D eigenvalue weighted by Gasteiger charge is 2.08. The van der Waals surface area contributed by atoms with Gasteiger partial charge >= 0.3 is 0 Å². The van der Waals surface area contributed by atoms with Crippen LogP contribution in [0.3, 0.4) is 0 Å². The van der Waals surface area contributed by atoms with E-state index in [1.807, 2.05) is 48.5 Å². The van der Waals surface area contributed by atoms with Crippen molar-refractivity contribution in [2.24, 2.45) is 0 Å². The quantitative estimate of drug-likeness (QED) is 0.593. The Morgan fingerprint density at radius 3 is 2.38 bits per heavy atom. The molecule has 0 aliphatic heterocycles. The third-order valence-corrected chi connectivity index (χ3v) is 4.14. The molecule has 1 amide bonds. The largest absolute Gasteiger partial charge is 0.493 e. The van der Waals surface area contributed by atoms with Gasteiger partial charge in [0.2, 0.25) is 0 Å². The number of carbonyl (C=O) groups excluding carboxylic acids is 1. The number of carbonyl (C=O) groups is 1. The minimum Gasteiger partial charge on any atom is -0.493 e. The molecule has 29 heavy (non-hydrogen) atoms. The van der Waals surface area contributed by atoms with E-state index in [4.69, 9.17) is 14.2 Å². The molecule has 0 fully saturated rings. The van der Waals surface area contributed by atoms with Gasteiger partial charge in [0.25, 0.3) is 5.91 Å². The molecule has 0 spiro atoms. The minimum atomic E-state index is -0.355. The standard InChI is InChI=1S/C23H22FNO4/c1-27-22-13-18(7-12-21(22)29-15-17-5-3-2-4-6-17)14-25-23(26)16-28-20-10-8-19(24)9-11-20/h2-13H,14-16H2,1H3,(H,25,26). The molecule has 0 saturated carbocycles. The summed E-state index contributed by atoms with van der Waals surface area (Å²) in [6.45, 7) is 0.607. The predicted octanol–water partition coefficient (Wildman–Crippen LogP) is 4.11. The molecule has 0 heterocycles. The van der Waals surface area contributed by atoms with Crippen LogP contribution in [0, 0.1) is 5.82 Å². The number of halogens is 1. The fraction of sp³-hybridized carbons (Fsp3) is 0.174. The van der Waals surface area contributed by atoms with Crippen molar-refractivity contribution in [2.75, 3.05) is 13.7 Å². The Labute approximate surface area is 169 Å². The Morgan fingerprint density at radius 2 is 1.66 bits per heavy atom. The van der Waals surface area contributed by atoms with Crippen LogP contribution in [0.4, 0.5) is 4.39 Å². The van der Waals surface area contributed by atoms with Gasteiger partial charge in [0.05, 0.1) is 7.11 Å². The van der Waals surface area contributed by atoms with Crippen LogP contribution in [-0.2, 0) is 17.9 Å². The molecular formula is C23H22FNO4. The first-order valence-electron chi connectivity index (χ1n) is 9.13. The number of nitrogens with one attached hydrogen (secondary N) is 1. The third-order valence-electron chi connectivity index (χ3n) is 4.14. The van der Waals surface area contributed by atoms with Crippen molar-refractivity contribution >= 4 is 5.91 Å². The van der Waals surface area contributed by atoms with Gasteiger partial charge in [-0.25, -0.2) is 4.39 Å². The summed E-state index contributed by atoms with van der Waals surface area (Å²) in [5.74, 6) is 1.02. The van der Waals surface area contributed by atoms with Crippen LogP contribution in [0.15, 0.2) is 72.8 Å². The lowest BCUT2D eigenvalue weighted by atomic mass is 10.2. The molecule has 3 aromatic carbocycles. The smallest absolute Gasteiger partial charge is 0.258 e. The summed E-state index contributed by atoms with van der Waals surface area (Å²) in [4.78, 5) is 12.0. The van der Waals surface area contributed by atoms with Crippen LogP contribution in [0.1, 0.15) is 11.1 Å². The summed E-state index contributed by atoms with van der Waals surface area (Å²) >= 11 is 0. The van der Waals surface area contributed by atoms with Gasteiger partial charge in [0.1, 0.15) is 18.2 Å². The van der Waals surface area contributed by atoms with Crippen LogP contribution in [0.25, 0.3) is 0 Å². The molecule has 3 rings (SSSR count). The topological polar surface area (TPSA) is 56.8 Å². The van der Waals surface area contributed by atoms with E-state index in [1.54, 1.807) is 7.11 Å². The van der Waals surface area contributed by atoms with Crippen molar-refractivity contribution in [1.29, 1.82) is 0 Å². The Hall–Kier alpha value is -3.54. The summed E-state index contributed by atoms with van der Waals surface area (Å²) in [5, 5.41) is 2.77. The highest BCUT2D eigenvalue weighted by molar-refractivity contribution is 5.77. The number of amides is 1. The van der Waals surface area contributed by atoms with E-state index in [0.717, 1.165) is 11.1 Å². The van der Waals surface area contributed by atoms with Crippen LogP contribution in [0.2, 0.25) is 0 Å². The van der Waals surface area contributed by atoms with Gasteiger partial charge in [0.15, 0.2) is 18.1 Å². The van der Waals surface area contributed by atoms with Gasteiger partial charge in [-0.1, -0.05) is 36.4 Å². The van der Waals surface area contributed by atoms with Crippen LogP contribution in [-0.4, -0.2) is 19.6 Å². The molecule has 0 atom stereocenters. The number of methoxy groups -OCH3 is 1. The molecule has 0 bridgehead atoms. The SMILES string of the molecule is COc1cc(CNC(=O)COc2ccc(F)cc2)ccc1OCc1ccccc1. The Kier molecular flexibility index (Phi) is 7.05. The molecular weight excluding hydrogens is 373 g/mol. The van der Waals surface area contributed by atoms with E-state index in [0.29, 0.717) is 30.4 Å². The van der Waals surface area contributed by atoms with E-state index < -0.39 is 0 Å². The zero-order valence-corrected chi connectivity index (χ0v) is 16.1. The molecule has 0 saturated heterocycles. The second-order valence-corrected chi connectivity index (χ2v) is 6.28. The summed E-state index contributed by atoms with van der Waals surface area (Å²) < 4.78 is 29.4. The van der Waals surface area contributed by atoms with E-state index in [1.165, 1.54) is 24.3 Å². The molecule has 0 radical (unpaired) electrons. The number of rotatable bonds is 9. The van der Waals surface area contributed by atoms with Crippen molar-refractivity contribution in [3.8, 4) is 17.2 Å². The second-order valence-electron chi connectivity index (χ2n) is 6.28. The summed E-state index contributed by atoms with van der Waals surface area (Å²) in [6.07, 6.45) is 0. The molecule has 1 N–H and O–H groups in total. The Balaban J connectivity index is 1.50. The van der Waals surface area contributed by atoms with Crippen LogP contribution < -0.4 is 19.5 Å². The first-order chi connectivity index (χ1) is 14.1. The molecule has 3 aromatic rings. The normalized spacial score (nSPS) is 10.3.